The molecule has 132 valence electrons. The lowest BCUT2D eigenvalue weighted by molar-refractivity contribution is 0.0971. The fraction of sp³-hybridized carbons (Fsp3) is 0.273. The number of nitrogens with zero attached hydrogens (tertiary/aromatic N) is 2. The molecule has 3 nitrogen and oxygen atoms in total. The summed E-state index contributed by atoms with van der Waals surface area (Å²) in [6.45, 7) is 2.95. The van der Waals surface area contributed by atoms with Gasteiger partial charge in [0.15, 0.2) is 5.78 Å². The van der Waals surface area contributed by atoms with Gasteiger partial charge in [0, 0.05) is 48.6 Å². The van der Waals surface area contributed by atoms with Gasteiger partial charge < -0.3 is 4.57 Å². The van der Waals surface area contributed by atoms with Crippen LogP contribution in [0.5, 0.6) is 0 Å². The SMILES string of the molecule is CCn1c2c(c(Cc3ccccc3)c1-c1ccncc1Cl)C(=O)CCC2. The molecule has 1 aliphatic rings. The summed E-state index contributed by atoms with van der Waals surface area (Å²) in [6, 6.07) is 12.3. The van der Waals surface area contributed by atoms with Gasteiger partial charge in [-0.15, -0.1) is 0 Å². The second kappa shape index (κ2) is 7.08. The van der Waals surface area contributed by atoms with Crippen LogP contribution in [0.2, 0.25) is 5.02 Å². The summed E-state index contributed by atoms with van der Waals surface area (Å²) in [5.74, 6) is 0.260. The Balaban J connectivity index is 1.99. The molecule has 1 aliphatic carbocycles. The van der Waals surface area contributed by atoms with Crippen molar-refractivity contribution in [3.63, 3.8) is 0 Å². The maximum atomic E-state index is 12.8. The third kappa shape index (κ3) is 2.86. The van der Waals surface area contributed by atoms with E-state index in [-0.39, 0.29) is 5.78 Å². The normalized spacial score (nSPS) is 13.7. The summed E-state index contributed by atoms with van der Waals surface area (Å²) in [5.41, 5.74) is 6.42. The molecule has 0 saturated heterocycles. The quantitative estimate of drug-likeness (QED) is 0.626. The summed E-state index contributed by atoms with van der Waals surface area (Å²) in [5, 5.41) is 0.624. The van der Waals surface area contributed by atoms with Gasteiger partial charge in [0.2, 0.25) is 0 Å². The predicted octanol–water partition coefficient (Wildman–Crippen LogP) is 5.33. The molecule has 4 rings (SSSR count). The highest BCUT2D eigenvalue weighted by Crippen LogP contribution is 2.39. The lowest BCUT2D eigenvalue weighted by Gasteiger charge is -2.15. The Morgan fingerprint density at radius 2 is 1.96 bits per heavy atom. The van der Waals surface area contributed by atoms with Gasteiger partial charge >= 0.3 is 0 Å². The van der Waals surface area contributed by atoms with Crippen LogP contribution < -0.4 is 0 Å². The molecule has 0 bridgehead atoms. The summed E-state index contributed by atoms with van der Waals surface area (Å²) in [7, 11) is 0. The average molecular weight is 365 g/mol. The molecule has 4 heteroatoms. The number of aromatic nitrogens is 2. The van der Waals surface area contributed by atoms with Gasteiger partial charge in [-0.25, -0.2) is 0 Å². The van der Waals surface area contributed by atoms with Crippen LogP contribution in [0.3, 0.4) is 0 Å². The van der Waals surface area contributed by atoms with Gasteiger partial charge in [-0.1, -0.05) is 41.9 Å². The van der Waals surface area contributed by atoms with Crippen LogP contribution in [0.1, 0.15) is 46.9 Å². The maximum absolute atomic E-state index is 12.8. The van der Waals surface area contributed by atoms with E-state index in [9.17, 15) is 4.79 Å². The fourth-order valence-electron chi connectivity index (χ4n) is 4.05. The topological polar surface area (TPSA) is 34.9 Å². The lowest BCUT2D eigenvalue weighted by Crippen LogP contribution is -2.13. The Morgan fingerprint density at radius 1 is 1.15 bits per heavy atom. The molecule has 26 heavy (non-hydrogen) atoms. The van der Waals surface area contributed by atoms with E-state index in [1.165, 1.54) is 5.56 Å². The number of carbonyl (C=O) groups excluding carboxylic acids is 1. The van der Waals surface area contributed by atoms with Gasteiger partial charge in [-0.05, 0) is 37.0 Å². The smallest absolute Gasteiger partial charge is 0.165 e. The van der Waals surface area contributed by atoms with Crippen molar-refractivity contribution in [3.8, 4) is 11.3 Å². The number of hydrogen-bond donors (Lipinski definition) is 0. The second-order valence-corrected chi connectivity index (χ2v) is 7.09. The Kier molecular flexibility index (Phi) is 4.64. The van der Waals surface area contributed by atoms with Crippen molar-refractivity contribution in [2.45, 2.75) is 39.2 Å². The van der Waals surface area contributed by atoms with Gasteiger partial charge in [-0.3, -0.25) is 9.78 Å². The highest BCUT2D eigenvalue weighted by molar-refractivity contribution is 6.33. The zero-order valence-corrected chi connectivity index (χ0v) is 15.6. The molecule has 3 aromatic rings. The molecule has 2 aromatic heterocycles. The molecule has 0 spiro atoms. The summed E-state index contributed by atoms with van der Waals surface area (Å²) >= 11 is 6.50. The van der Waals surface area contributed by atoms with E-state index >= 15 is 0 Å². The molecule has 0 amide bonds. The van der Waals surface area contributed by atoms with Gasteiger partial charge in [-0.2, -0.15) is 0 Å². The molecule has 0 saturated carbocycles. The first-order valence-electron chi connectivity index (χ1n) is 9.12. The van der Waals surface area contributed by atoms with Crippen LogP contribution in [-0.2, 0) is 19.4 Å². The predicted molar refractivity (Wildman–Crippen MR) is 105 cm³/mol. The zero-order valence-electron chi connectivity index (χ0n) is 14.8. The van der Waals surface area contributed by atoms with Crippen LogP contribution in [0.4, 0.5) is 0 Å². The lowest BCUT2D eigenvalue weighted by atomic mass is 9.90. The number of halogens is 1. The van der Waals surface area contributed by atoms with E-state index in [4.69, 9.17) is 11.6 Å². The molecule has 0 aliphatic heterocycles. The average Bonchev–Trinajstić information content (AvgIpc) is 2.97. The van der Waals surface area contributed by atoms with E-state index in [0.717, 1.165) is 53.9 Å². The molecule has 2 heterocycles. The Bertz CT molecular complexity index is 960. The van der Waals surface area contributed by atoms with Crippen molar-refractivity contribution < 1.29 is 4.79 Å². The summed E-state index contributed by atoms with van der Waals surface area (Å²) in [6.07, 6.45) is 6.67. The first-order valence-corrected chi connectivity index (χ1v) is 9.49. The highest BCUT2D eigenvalue weighted by atomic mass is 35.5. The van der Waals surface area contributed by atoms with Crippen LogP contribution >= 0.6 is 11.6 Å². The van der Waals surface area contributed by atoms with E-state index in [0.29, 0.717) is 11.4 Å². The zero-order chi connectivity index (χ0) is 18.1. The van der Waals surface area contributed by atoms with Crippen molar-refractivity contribution >= 4 is 17.4 Å². The minimum absolute atomic E-state index is 0.260. The van der Waals surface area contributed by atoms with E-state index in [1.807, 2.05) is 24.3 Å². The Hall–Kier alpha value is -2.39. The standard InChI is InChI=1S/C22H21ClN2O/c1-2-25-19-9-6-10-20(26)21(19)17(13-15-7-4-3-5-8-15)22(25)16-11-12-24-14-18(16)23/h3-5,7-8,11-12,14H,2,6,9-10,13H2,1H3. The van der Waals surface area contributed by atoms with Crippen LogP contribution in [0, 0.1) is 0 Å². The maximum Gasteiger partial charge on any atom is 0.165 e. The minimum atomic E-state index is 0.260. The summed E-state index contributed by atoms with van der Waals surface area (Å²) in [4.78, 5) is 17.0. The minimum Gasteiger partial charge on any atom is -0.344 e. The van der Waals surface area contributed by atoms with E-state index in [2.05, 4.69) is 28.6 Å². The second-order valence-electron chi connectivity index (χ2n) is 6.69. The third-order valence-electron chi connectivity index (χ3n) is 5.14. The Morgan fingerprint density at radius 3 is 2.69 bits per heavy atom. The van der Waals surface area contributed by atoms with Crippen molar-refractivity contribution in [2.24, 2.45) is 0 Å². The van der Waals surface area contributed by atoms with Crippen molar-refractivity contribution in [1.82, 2.24) is 9.55 Å². The van der Waals surface area contributed by atoms with Crippen LogP contribution in [-0.4, -0.2) is 15.3 Å². The molecule has 0 atom stereocenters. The van der Waals surface area contributed by atoms with Crippen LogP contribution in [0.15, 0.2) is 48.8 Å². The number of ketones is 1. The molecule has 1 aromatic carbocycles. The van der Waals surface area contributed by atoms with Crippen LogP contribution in [0.25, 0.3) is 11.3 Å². The largest absolute Gasteiger partial charge is 0.344 e. The van der Waals surface area contributed by atoms with E-state index < -0.39 is 0 Å². The molecule has 0 fully saturated rings. The molecular weight excluding hydrogens is 344 g/mol. The number of benzene rings is 1. The number of rotatable bonds is 4. The first-order chi connectivity index (χ1) is 12.7. The third-order valence-corrected chi connectivity index (χ3v) is 5.44. The molecular formula is C22H21ClN2O. The highest BCUT2D eigenvalue weighted by Gasteiger charge is 2.30. The van der Waals surface area contributed by atoms with Crippen molar-refractivity contribution in [1.29, 1.82) is 0 Å². The monoisotopic (exact) mass is 364 g/mol. The number of hydrogen-bond acceptors (Lipinski definition) is 2. The Labute approximate surface area is 158 Å². The molecule has 0 N–H and O–H groups in total. The molecule has 0 unspecified atom stereocenters. The van der Waals surface area contributed by atoms with Gasteiger partial charge in [0.1, 0.15) is 0 Å². The summed E-state index contributed by atoms with van der Waals surface area (Å²) < 4.78 is 2.28. The first kappa shape index (κ1) is 17.0. The van der Waals surface area contributed by atoms with Gasteiger partial charge in [0.05, 0.1) is 10.7 Å². The van der Waals surface area contributed by atoms with Gasteiger partial charge in [0.25, 0.3) is 0 Å². The van der Waals surface area contributed by atoms with Crippen molar-refractivity contribution in [2.75, 3.05) is 0 Å². The number of fused-ring (bicyclic) bond motifs is 1. The molecule has 0 radical (unpaired) electrons. The fourth-order valence-corrected chi connectivity index (χ4v) is 4.26. The van der Waals surface area contributed by atoms with Crippen molar-refractivity contribution in [3.05, 3.63) is 76.2 Å². The number of carbonyl (C=O) groups is 1. The number of pyridine rings is 1. The number of Topliss-reactive ketones (excluding diaryl/α,β-unsaturated/α-hetero) is 1. The van der Waals surface area contributed by atoms with E-state index in [1.54, 1.807) is 12.4 Å².